The first-order valence-corrected chi connectivity index (χ1v) is 17.4. The molecular formula is C35H37BrClN3O5S. The first-order valence-electron chi connectivity index (χ1n) is 14.8. The maximum absolute atomic E-state index is 14.5. The molecule has 46 heavy (non-hydrogen) atoms. The van der Waals surface area contributed by atoms with Crippen LogP contribution in [0, 0.1) is 5.92 Å². The molecule has 0 aliphatic heterocycles. The van der Waals surface area contributed by atoms with Gasteiger partial charge in [-0.1, -0.05) is 89.9 Å². The smallest absolute Gasteiger partial charge is 0.264 e. The number of halogens is 2. The van der Waals surface area contributed by atoms with Crippen LogP contribution in [0.3, 0.4) is 0 Å². The van der Waals surface area contributed by atoms with Crippen LogP contribution in [0.4, 0.5) is 5.69 Å². The van der Waals surface area contributed by atoms with Crippen LogP contribution in [0.25, 0.3) is 0 Å². The van der Waals surface area contributed by atoms with Crippen LogP contribution in [-0.2, 0) is 32.6 Å². The van der Waals surface area contributed by atoms with Crippen molar-refractivity contribution in [1.82, 2.24) is 10.2 Å². The predicted octanol–water partition coefficient (Wildman–Crippen LogP) is 6.72. The molecule has 0 fully saturated rings. The van der Waals surface area contributed by atoms with Crippen molar-refractivity contribution in [2.45, 2.75) is 37.8 Å². The summed E-state index contributed by atoms with van der Waals surface area (Å²) in [7, 11) is -2.78. The average Bonchev–Trinajstić information content (AvgIpc) is 3.04. The Morgan fingerprint density at radius 3 is 2.20 bits per heavy atom. The predicted molar refractivity (Wildman–Crippen MR) is 185 cm³/mol. The van der Waals surface area contributed by atoms with Gasteiger partial charge in [0.1, 0.15) is 18.3 Å². The van der Waals surface area contributed by atoms with E-state index in [1.807, 2.05) is 68.4 Å². The highest BCUT2D eigenvalue weighted by Crippen LogP contribution is 2.28. The Hall–Kier alpha value is -3.86. The molecule has 0 spiro atoms. The van der Waals surface area contributed by atoms with Gasteiger partial charge >= 0.3 is 0 Å². The number of carbonyl (C=O) groups is 2. The Morgan fingerprint density at radius 2 is 1.57 bits per heavy atom. The number of hydrogen-bond donors (Lipinski definition) is 1. The van der Waals surface area contributed by atoms with Crippen LogP contribution in [0.1, 0.15) is 25.0 Å². The number of sulfonamides is 1. The summed E-state index contributed by atoms with van der Waals surface area (Å²) in [5.74, 6) is -0.213. The van der Waals surface area contributed by atoms with Crippen molar-refractivity contribution < 1.29 is 22.7 Å². The van der Waals surface area contributed by atoms with Gasteiger partial charge in [0.15, 0.2) is 0 Å². The van der Waals surface area contributed by atoms with Gasteiger partial charge in [0.2, 0.25) is 11.8 Å². The molecule has 4 aromatic rings. The van der Waals surface area contributed by atoms with Gasteiger partial charge < -0.3 is 15.0 Å². The minimum Gasteiger partial charge on any atom is -0.497 e. The number of amides is 2. The van der Waals surface area contributed by atoms with E-state index in [-0.39, 0.29) is 35.4 Å². The minimum atomic E-state index is -4.27. The van der Waals surface area contributed by atoms with E-state index in [9.17, 15) is 18.0 Å². The molecule has 0 aromatic heterocycles. The Balaban J connectivity index is 1.80. The van der Waals surface area contributed by atoms with Crippen LogP contribution in [-0.4, -0.2) is 51.4 Å². The molecule has 11 heteroatoms. The highest BCUT2D eigenvalue weighted by atomic mass is 79.9. The van der Waals surface area contributed by atoms with Gasteiger partial charge in [-0.15, -0.1) is 0 Å². The number of nitrogens with zero attached hydrogens (tertiary/aromatic N) is 2. The van der Waals surface area contributed by atoms with E-state index < -0.39 is 28.5 Å². The van der Waals surface area contributed by atoms with Crippen LogP contribution in [0.15, 0.2) is 112 Å². The molecule has 1 atom stereocenters. The van der Waals surface area contributed by atoms with Gasteiger partial charge in [-0.2, -0.15) is 0 Å². The topological polar surface area (TPSA) is 96.0 Å². The van der Waals surface area contributed by atoms with Crippen molar-refractivity contribution >= 4 is 55.1 Å². The fraction of sp³-hybridized carbons (Fsp3) is 0.257. The standard InChI is InChI=1S/C35H37BrClN3O5S/c1-25(2)22-38-35(42)33(20-26-9-5-4-6-10-26)39(23-27-11-7-12-28(36)19-27)34(41)24-40(30-14-8-13-29(37)21-30)46(43,44)32-17-15-31(45-3)16-18-32/h4-19,21,25,33H,20,22-24H2,1-3H3,(H,38,42)/t33-/m0/s1. The van der Waals surface area contributed by atoms with Crippen LogP contribution in [0.2, 0.25) is 5.02 Å². The summed E-state index contributed by atoms with van der Waals surface area (Å²) >= 11 is 9.80. The lowest BCUT2D eigenvalue weighted by atomic mass is 10.0. The van der Waals surface area contributed by atoms with Gasteiger partial charge in [-0.3, -0.25) is 13.9 Å². The van der Waals surface area contributed by atoms with E-state index in [0.717, 1.165) is 19.9 Å². The van der Waals surface area contributed by atoms with Crippen molar-refractivity contribution in [2.75, 3.05) is 24.5 Å². The van der Waals surface area contributed by atoms with Gasteiger partial charge in [0, 0.05) is 29.0 Å². The second kappa shape index (κ2) is 16.1. The average molecular weight is 727 g/mol. The molecule has 0 saturated carbocycles. The lowest BCUT2D eigenvalue weighted by molar-refractivity contribution is -0.140. The highest BCUT2D eigenvalue weighted by molar-refractivity contribution is 9.10. The molecule has 0 aliphatic rings. The summed E-state index contributed by atoms with van der Waals surface area (Å²) in [6.07, 6.45) is 0.229. The highest BCUT2D eigenvalue weighted by Gasteiger charge is 2.34. The zero-order valence-electron chi connectivity index (χ0n) is 25.9. The number of carbonyl (C=O) groups excluding carboxylic acids is 2. The number of hydrogen-bond acceptors (Lipinski definition) is 5. The first kappa shape index (κ1) is 35.0. The van der Waals surface area contributed by atoms with Crippen molar-refractivity contribution in [1.29, 1.82) is 0 Å². The van der Waals surface area contributed by atoms with Gasteiger partial charge in [0.05, 0.1) is 17.7 Å². The first-order chi connectivity index (χ1) is 22.0. The van der Waals surface area contributed by atoms with E-state index in [2.05, 4.69) is 21.2 Å². The Bertz CT molecular complexity index is 1740. The second-order valence-electron chi connectivity index (χ2n) is 11.2. The molecule has 4 aromatic carbocycles. The van der Waals surface area contributed by atoms with Gasteiger partial charge in [0.25, 0.3) is 10.0 Å². The fourth-order valence-corrected chi connectivity index (χ4v) is 6.88. The van der Waals surface area contributed by atoms with Crippen molar-refractivity contribution in [3.05, 3.63) is 124 Å². The molecule has 242 valence electrons. The van der Waals surface area contributed by atoms with Crippen molar-refractivity contribution in [3.8, 4) is 5.75 Å². The van der Waals surface area contributed by atoms with E-state index in [1.165, 1.54) is 30.2 Å². The third kappa shape index (κ3) is 9.34. The molecule has 4 rings (SSSR count). The van der Waals surface area contributed by atoms with Gasteiger partial charge in [-0.25, -0.2) is 8.42 Å². The molecule has 1 N–H and O–H groups in total. The number of ether oxygens (including phenoxy) is 1. The lowest BCUT2D eigenvalue weighted by Gasteiger charge is -2.34. The fourth-order valence-electron chi connectivity index (χ4n) is 4.84. The SMILES string of the molecule is COc1ccc(S(=O)(=O)N(CC(=O)N(Cc2cccc(Br)c2)[C@@H](Cc2ccccc2)C(=O)NCC(C)C)c2cccc(Cl)c2)cc1. The number of anilines is 1. The Morgan fingerprint density at radius 1 is 0.891 bits per heavy atom. The maximum atomic E-state index is 14.5. The molecule has 0 heterocycles. The summed E-state index contributed by atoms with van der Waals surface area (Å²) in [5, 5.41) is 3.30. The monoisotopic (exact) mass is 725 g/mol. The number of rotatable bonds is 14. The Kier molecular flexibility index (Phi) is 12.3. The molecule has 0 bridgehead atoms. The summed E-state index contributed by atoms with van der Waals surface area (Å²) < 4.78 is 35.4. The number of benzene rings is 4. The number of nitrogens with one attached hydrogen (secondary N) is 1. The maximum Gasteiger partial charge on any atom is 0.264 e. The second-order valence-corrected chi connectivity index (χ2v) is 14.4. The van der Waals surface area contributed by atoms with Crippen molar-refractivity contribution in [3.63, 3.8) is 0 Å². The van der Waals surface area contributed by atoms with Crippen LogP contribution < -0.4 is 14.4 Å². The molecule has 8 nitrogen and oxygen atoms in total. The van der Waals surface area contributed by atoms with Crippen LogP contribution in [0.5, 0.6) is 5.75 Å². The van der Waals surface area contributed by atoms with E-state index in [4.69, 9.17) is 16.3 Å². The van der Waals surface area contributed by atoms with Gasteiger partial charge in [-0.05, 0) is 71.6 Å². The molecular weight excluding hydrogens is 690 g/mol. The summed E-state index contributed by atoms with van der Waals surface area (Å²) in [6, 6.07) is 28.2. The van der Waals surface area contributed by atoms with Crippen LogP contribution >= 0.6 is 27.5 Å². The largest absolute Gasteiger partial charge is 0.497 e. The third-order valence-corrected chi connectivity index (χ3v) is 9.74. The zero-order chi connectivity index (χ0) is 33.3. The minimum absolute atomic E-state index is 0.0323. The molecule has 2 amide bonds. The molecule has 0 unspecified atom stereocenters. The van der Waals surface area contributed by atoms with E-state index in [0.29, 0.717) is 17.3 Å². The zero-order valence-corrected chi connectivity index (χ0v) is 29.1. The summed E-state index contributed by atoms with van der Waals surface area (Å²) in [5.41, 5.74) is 1.84. The van der Waals surface area contributed by atoms with E-state index >= 15 is 0 Å². The quantitative estimate of drug-likeness (QED) is 0.156. The molecule has 0 radical (unpaired) electrons. The Labute approximate surface area is 284 Å². The summed E-state index contributed by atoms with van der Waals surface area (Å²) in [4.78, 5) is 29.8. The summed E-state index contributed by atoms with van der Waals surface area (Å²) in [6.45, 7) is 3.89. The third-order valence-electron chi connectivity index (χ3n) is 7.22. The number of methoxy groups -OCH3 is 1. The molecule has 0 aliphatic carbocycles. The molecule has 0 saturated heterocycles. The lowest BCUT2D eigenvalue weighted by Crippen LogP contribution is -2.53. The van der Waals surface area contributed by atoms with Crippen molar-refractivity contribution in [2.24, 2.45) is 5.92 Å². The van der Waals surface area contributed by atoms with E-state index in [1.54, 1.807) is 30.3 Å². The normalized spacial score (nSPS) is 12.0.